The van der Waals surface area contributed by atoms with Crippen molar-refractivity contribution in [3.63, 3.8) is 0 Å². The highest BCUT2D eigenvalue weighted by molar-refractivity contribution is 7.98. The number of rotatable bonds is 4. The molecule has 0 radical (unpaired) electrons. The molecular formula is C13H13ClFN3S. The lowest BCUT2D eigenvalue weighted by atomic mass is 10.2. The Kier molecular flexibility index (Phi) is 4.61. The number of anilines is 2. The summed E-state index contributed by atoms with van der Waals surface area (Å²) in [7, 11) is 0. The van der Waals surface area contributed by atoms with Crippen molar-refractivity contribution in [3.8, 4) is 0 Å². The Morgan fingerprint density at radius 3 is 2.84 bits per heavy atom. The molecule has 1 unspecified atom stereocenters. The van der Waals surface area contributed by atoms with Crippen molar-refractivity contribution in [2.24, 2.45) is 0 Å². The maximum absolute atomic E-state index is 13.3. The second kappa shape index (κ2) is 6.21. The first-order valence-corrected chi connectivity index (χ1v) is 7.27. The molecule has 0 spiro atoms. The molecule has 0 fully saturated rings. The highest BCUT2D eigenvalue weighted by Crippen LogP contribution is 2.30. The van der Waals surface area contributed by atoms with Crippen LogP contribution in [-0.2, 0) is 0 Å². The zero-order valence-corrected chi connectivity index (χ0v) is 12.1. The van der Waals surface area contributed by atoms with E-state index in [-0.39, 0.29) is 10.7 Å². The fraction of sp³-hybridized carbons (Fsp3) is 0.231. The van der Waals surface area contributed by atoms with Crippen LogP contribution in [0.5, 0.6) is 0 Å². The number of halogens is 2. The monoisotopic (exact) mass is 297 g/mol. The summed E-state index contributed by atoms with van der Waals surface area (Å²) in [6, 6.07) is 7.81. The summed E-state index contributed by atoms with van der Waals surface area (Å²) < 4.78 is 13.3. The van der Waals surface area contributed by atoms with E-state index in [4.69, 9.17) is 11.6 Å². The molecule has 19 heavy (non-hydrogen) atoms. The number of thioether (sulfide) groups is 1. The van der Waals surface area contributed by atoms with Gasteiger partial charge in [-0.25, -0.2) is 14.4 Å². The van der Waals surface area contributed by atoms with Crippen molar-refractivity contribution >= 4 is 34.9 Å². The molecule has 3 nitrogen and oxygen atoms in total. The Bertz CT molecular complexity index is 578. The summed E-state index contributed by atoms with van der Waals surface area (Å²) in [5.41, 5.74) is 1.05. The van der Waals surface area contributed by atoms with Gasteiger partial charge in [0.2, 0.25) is 0 Å². The van der Waals surface area contributed by atoms with Crippen LogP contribution in [0.25, 0.3) is 0 Å². The normalized spacial score (nSPS) is 12.2. The number of benzene rings is 1. The van der Waals surface area contributed by atoms with Gasteiger partial charge in [-0.05, 0) is 31.4 Å². The number of alkyl halides is 1. The number of hydrogen-bond donors (Lipinski definition) is 1. The van der Waals surface area contributed by atoms with Crippen molar-refractivity contribution in [3.05, 3.63) is 41.3 Å². The molecule has 0 saturated heterocycles. The van der Waals surface area contributed by atoms with Crippen LogP contribution in [0.2, 0.25) is 5.02 Å². The van der Waals surface area contributed by atoms with E-state index in [1.165, 1.54) is 13.3 Å². The fourth-order valence-electron chi connectivity index (χ4n) is 1.59. The van der Waals surface area contributed by atoms with Gasteiger partial charge in [0.25, 0.3) is 0 Å². The van der Waals surface area contributed by atoms with E-state index in [1.807, 2.05) is 30.5 Å². The van der Waals surface area contributed by atoms with E-state index in [9.17, 15) is 4.39 Å². The van der Waals surface area contributed by atoms with Crippen molar-refractivity contribution < 1.29 is 4.39 Å². The van der Waals surface area contributed by atoms with E-state index in [0.717, 1.165) is 10.6 Å². The van der Waals surface area contributed by atoms with Crippen LogP contribution >= 0.6 is 23.4 Å². The molecule has 0 bridgehead atoms. The lowest BCUT2D eigenvalue weighted by Gasteiger charge is -2.11. The van der Waals surface area contributed by atoms with Crippen LogP contribution in [0.1, 0.15) is 18.8 Å². The minimum absolute atomic E-state index is 0.195. The maximum atomic E-state index is 13.3. The van der Waals surface area contributed by atoms with Gasteiger partial charge >= 0.3 is 0 Å². The standard InChI is InChI=1S/C13H13ClFN3S/c1-8(15)12-11(14)13(17-7-16-12)18-9-4-3-5-10(6-9)19-2/h3-8H,1-2H3,(H,16,17,18). The molecule has 100 valence electrons. The predicted molar refractivity (Wildman–Crippen MR) is 78.1 cm³/mol. The van der Waals surface area contributed by atoms with Crippen LogP contribution in [0, 0.1) is 0 Å². The molecule has 1 atom stereocenters. The molecule has 1 heterocycles. The number of nitrogens with one attached hydrogen (secondary N) is 1. The molecule has 0 amide bonds. The molecule has 1 aromatic carbocycles. The van der Waals surface area contributed by atoms with E-state index < -0.39 is 6.17 Å². The number of hydrogen-bond acceptors (Lipinski definition) is 4. The first-order valence-electron chi connectivity index (χ1n) is 5.67. The van der Waals surface area contributed by atoms with Crippen molar-refractivity contribution in [2.75, 3.05) is 11.6 Å². The third kappa shape index (κ3) is 3.36. The second-order valence-electron chi connectivity index (χ2n) is 3.89. The average Bonchev–Trinajstić information content (AvgIpc) is 2.41. The van der Waals surface area contributed by atoms with E-state index in [0.29, 0.717) is 5.82 Å². The topological polar surface area (TPSA) is 37.8 Å². The Morgan fingerprint density at radius 1 is 1.37 bits per heavy atom. The molecule has 0 aliphatic rings. The Balaban J connectivity index is 2.30. The van der Waals surface area contributed by atoms with E-state index in [2.05, 4.69) is 15.3 Å². The smallest absolute Gasteiger partial charge is 0.153 e. The first kappa shape index (κ1) is 14.1. The molecule has 1 N–H and O–H groups in total. The van der Waals surface area contributed by atoms with Gasteiger partial charge < -0.3 is 5.32 Å². The van der Waals surface area contributed by atoms with Crippen molar-refractivity contribution in [2.45, 2.75) is 18.0 Å². The van der Waals surface area contributed by atoms with Gasteiger partial charge in [-0.2, -0.15) is 0 Å². The van der Waals surface area contributed by atoms with Crippen LogP contribution in [-0.4, -0.2) is 16.2 Å². The number of nitrogens with zero attached hydrogens (tertiary/aromatic N) is 2. The second-order valence-corrected chi connectivity index (χ2v) is 5.15. The Hall–Kier alpha value is -1.33. The first-order chi connectivity index (χ1) is 9.11. The van der Waals surface area contributed by atoms with Crippen LogP contribution in [0.3, 0.4) is 0 Å². The molecule has 1 aromatic heterocycles. The van der Waals surface area contributed by atoms with Crippen molar-refractivity contribution in [1.82, 2.24) is 9.97 Å². The van der Waals surface area contributed by atoms with E-state index in [1.54, 1.807) is 11.8 Å². The molecule has 0 aliphatic heterocycles. The van der Waals surface area contributed by atoms with Gasteiger partial charge in [0.15, 0.2) is 5.82 Å². The third-order valence-corrected chi connectivity index (χ3v) is 3.62. The average molecular weight is 298 g/mol. The lowest BCUT2D eigenvalue weighted by Crippen LogP contribution is -2.00. The van der Waals surface area contributed by atoms with Gasteiger partial charge in [-0.1, -0.05) is 17.7 Å². The zero-order chi connectivity index (χ0) is 13.8. The zero-order valence-electron chi connectivity index (χ0n) is 10.5. The van der Waals surface area contributed by atoms with Crippen LogP contribution < -0.4 is 5.32 Å². The Morgan fingerprint density at radius 2 is 2.16 bits per heavy atom. The SMILES string of the molecule is CSc1cccc(Nc2ncnc(C(C)F)c2Cl)c1. The summed E-state index contributed by atoms with van der Waals surface area (Å²) >= 11 is 7.73. The minimum Gasteiger partial charge on any atom is -0.339 e. The van der Waals surface area contributed by atoms with Gasteiger partial charge in [0.05, 0.1) is 5.69 Å². The van der Waals surface area contributed by atoms with E-state index >= 15 is 0 Å². The van der Waals surface area contributed by atoms with Gasteiger partial charge in [0.1, 0.15) is 17.5 Å². The molecule has 0 aliphatic carbocycles. The van der Waals surface area contributed by atoms with Crippen LogP contribution in [0.15, 0.2) is 35.5 Å². The lowest BCUT2D eigenvalue weighted by molar-refractivity contribution is 0.365. The molecule has 2 aromatic rings. The highest BCUT2D eigenvalue weighted by Gasteiger charge is 2.14. The van der Waals surface area contributed by atoms with Gasteiger partial charge in [-0.15, -0.1) is 11.8 Å². The third-order valence-electron chi connectivity index (χ3n) is 2.53. The largest absolute Gasteiger partial charge is 0.339 e. The summed E-state index contributed by atoms with van der Waals surface area (Å²) in [5.74, 6) is 0.411. The molecule has 2 rings (SSSR count). The number of aromatic nitrogens is 2. The molecule has 0 saturated carbocycles. The molecular weight excluding hydrogens is 285 g/mol. The summed E-state index contributed by atoms with van der Waals surface area (Å²) in [6.07, 6.45) is 2.08. The van der Waals surface area contributed by atoms with Crippen molar-refractivity contribution in [1.29, 1.82) is 0 Å². The highest BCUT2D eigenvalue weighted by atomic mass is 35.5. The fourth-order valence-corrected chi connectivity index (χ4v) is 2.34. The Labute approximate surface area is 120 Å². The van der Waals surface area contributed by atoms with Gasteiger partial charge in [0, 0.05) is 10.6 Å². The maximum Gasteiger partial charge on any atom is 0.153 e. The summed E-state index contributed by atoms with van der Waals surface area (Å²) in [6.45, 7) is 1.40. The summed E-state index contributed by atoms with van der Waals surface area (Å²) in [5, 5.41) is 3.29. The summed E-state index contributed by atoms with van der Waals surface area (Å²) in [4.78, 5) is 9.02. The minimum atomic E-state index is -1.23. The molecule has 6 heteroatoms. The van der Waals surface area contributed by atoms with Gasteiger partial charge in [-0.3, -0.25) is 0 Å². The quantitative estimate of drug-likeness (QED) is 0.835. The predicted octanol–water partition coefficient (Wildman–Crippen LogP) is 4.63. The van der Waals surface area contributed by atoms with Crippen LogP contribution in [0.4, 0.5) is 15.9 Å².